The van der Waals surface area contributed by atoms with Crippen LogP contribution in [0.1, 0.15) is 32.6 Å². The van der Waals surface area contributed by atoms with E-state index >= 15 is 0 Å². The van der Waals surface area contributed by atoms with Crippen molar-refractivity contribution in [1.29, 1.82) is 0 Å². The Kier molecular flexibility index (Phi) is 3.72. The molecule has 4 heteroatoms. The van der Waals surface area contributed by atoms with Crippen molar-refractivity contribution in [3.8, 4) is 0 Å². The lowest BCUT2D eigenvalue weighted by Crippen LogP contribution is -2.33. The number of rotatable bonds is 7. The second-order valence-electron chi connectivity index (χ2n) is 4.35. The lowest BCUT2D eigenvalue weighted by Gasteiger charge is -2.17. The van der Waals surface area contributed by atoms with Gasteiger partial charge in [-0.25, -0.2) is 4.98 Å². The molecule has 4 nitrogen and oxygen atoms in total. The van der Waals surface area contributed by atoms with E-state index < -0.39 is 0 Å². The van der Waals surface area contributed by atoms with Gasteiger partial charge in [-0.05, 0) is 25.2 Å². The third-order valence-electron chi connectivity index (χ3n) is 3.00. The van der Waals surface area contributed by atoms with Crippen LogP contribution in [0.2, 0.25) is 0 Å². The van der Waals surface area contributed by atoms with Gasteiger partial charge in [-0.1, -0.05) is 13.3 Å². The second kappa shape index (κ2) is 5.26. The van der Waals surface area contributed by atoms with Crippen molar-refractivity contribution in [3.05, 3.63) is 12.7 Å². The summed E-state index contributed by atoms with van der Waals surface area (Å²) >= 11 is 0. The Morgan fingerprint density at radius 3 is 3.00 bits per heavy atom. The average Bonchev–Trinajstić information content (AvgIpc) is 2.96. The highest BCUT2D eigenvalue weighted by molar-refractivity contribution is 4.85. The molecule has 0 radical (unpaired) electrons. The molecule has 1 aromatic rings. The molecular weight excluding hydrogens is 188 g/mol. The monoisotopic (exact) mass is 208 g/mol. The SMILES string of the molecule is CCCC(NCCn1cncn1)C1CC1. The summed E-state index contributed by atoms with van der Waals surface area (Å²) in [5, 5.41) is 7.72. The predicted molar refractivity (Wildman–Crippen MR) is 59.4 cm³/mol. The average molecular weight is 208 g/mol. The van der Waals surface area contributed by atoms with Crippen LogP contribution in [-0.4, -0.2) is 27.4 Å². The summed E-state index contributed by atoms with van der Waals surface area (Å²) in [6.07, 6.45) is 8.78. The van der Waals surface area contributed by atoms with Crippen LogP contribution in [0, 0.1) is 5.92 Å². The van der Waals surface area contributed by atoms with Crippen molar-refractivity contribution in [2.75, 3.05) is 6.54 Å². The fraction of sp³-hybridized carbons (Fsp3) is 0.818. The molecule has 1 heterocycles. The van der Waals surface area contributed by atoms with Gasteiger partial charge in [0, 0.05) is 12.6 Å². The molecule has 0 amide bonds. The van der Waals surface area contributed by atoms with Gasteiger partial charge in [0.15, 0.2) is 0 Å². The van der Waals surface area contributed by atoms with Gasteiger partial charge in [-0.3, -0.25) is 4.68 Å². The molecule has 1 N–H and O–H groups in total. The van der Waals surface area contributed by atoms with Gasteiger partial charge >= 0.3 is 0 Å². The van der Waals surface area contributed by atoms with E-state index in [1.165, 1.54) is 25.7 Å². The van der Waals surface area contributed by atoms with Crippen LogP contribution in [-0.2, 0) is 6.54 Å². The van der Waals surface area contributed by atoms with Crippen LogP contribution in [0.5, 0.6) is 0 Å². The smallest absolute Gasteiger partial charge is 0.137 e. The number of hydrogen-bond acceptors (Lipinski definition) is 3. The quantitative estimate of drug-likeness (QED) is 0.737. The molecule has 0 spiro atoms. The minimum Gasteiger partial charge on any atom is -0.312 e. The lowest BCUT2D eigenvalue weighted by molar-refractivity contribution is 0.413. The first-order valence-electron chi connectivity index (χ1n) is 5.96. The van der Waals surface area contributed by atoms with Crippen molar-refractivity contribution in [2.24, 2.45) is 5.92 Å². The van der Waals surface area contributed by atoms with Crippen molar-refractivity contribution < 1.29 is 0 Å². The van der Waals surface area contributed by atoms with Crippen LogP contribution in [0.3, 0.4) is 0 Å². The standard InChI is InChI=1S/C11H20N4/c1-2-3-11(10-4-5-10)13-6-7-15-9-12-8-14-15/h8-11,13H,2-7H2,1H3. The Morgan fingerprint density at radius 1 is 1.53 bits per heavy atom. The Morgan fingerprint density at radius 2 is 2.40 bits per heavy atom. The van der Waals surface area contributed by atoms with Gasteiger partial charge in [-0.15, -0.1) is 0 Å². The highest BCUT2D eigenvalue weighted by atomic mass is 15.3. The number of nitrogens with one attached hydrogen (secondary N) is 1. The van der Waals surface area contributed by atoms with E-state index in [-0.39, 0.29) is 0 Å². The van der Waals surface area contributed by atoms with E-state index in [2.05, 4.69) is 22.3 Å². The van der Waals surface area contributed by atoms with E-state index in [9.17, 15) is 0 Å². The first kappa shape index (κ1) is 10.6. The minimum absolute atomic E-state index is 0.735. The second-order valence-corrected chi connectivity index (χ2v) is 4.35. The summed E-state index contributed by atoms with van der Waals surface area (Å²) in [7, 11) is 0. The zero-order valence-corrected chi connectivity index (χ0v) is 9.39. The van der Waals surface area contributed by atoms with E-state index in [1.54, 1.807) is 12.7 Å². The van der Waals surface area contributed by atoms with Gasteiger partial charge in [0.2, 0.25) is 0 Å². The Balaban J connectivity index is 1.66. The van der Waals surface area contributed by atoms with Crippen LogP contribution in [0.25, 0.3) is 0 Å². The fourth-order valence-electron chi connectivity index (χ4n) is 2.03. The number of hydrogen-bond donors (Lipinski definition) is 1. The number of nitrogens with zero attached hydrogens (tertiary/aromatic N) is 3. The Hall–Kier alpha value is -0.900. The molecular formula is C11H20N4. The third kappa shape index (κ3) is 3.30. The molecule has 0 aromatic carbocycles. The van der Waals surface area contributed by atoms with Gasteiger partial charge in [-0.2, -0.15) is 5.10 Å². The van der Waals surface area contributed by atoms with E-state index in [4.69, 9.17) is 0 Å². The van der Waals surface area contributed by atoms with Crippen molar-refractivity contribution in [3.63, 3.8) is 0 Å². The molecule has 1 unspecified atom stereocenters. The van der Waals surface area contributed by atoms with Crippen LogP contribution >= 0.6 is 0 Å². The van der Waals surface area contributed by atoms with Crippen molar-refractivity contribution >= 4 is 0 Å². The zero-order chi connectivity index (χ0) is 10.5. The van der Waals surface area contributed by atoms with Crippen LogP contribution < -0.4 is 5.32 Å². The molecule has 1 aromatic heterocycles. The maximum atomic E-state index is 4.09. The zero-order valence-electron chi connectivity index (χ0n) is 9.39. The highest BCUT2D eigenvalue weighted by Crippen LogP contribution is 2.34. The van der Waals surface area contributed by atoms with Gasteiger partial charge in [0.25, 0.3) is 0 Å². The molecule has 15 heavy (non-hydrogen) atoms. The van der Waals surface area contributed by atoms with Crippen LogP contribution in [0.4, 0.5) is 0 Å². The fourth-order valence-corrected chi connectivity index (χ4v) is 2.03. The van der Waals surface area contributed by atoms with Gasteiger partial charge < -0.3 is 5.32 Å². The Bertz CT molecular complexity index is 266. The molecule has 1 saturated carbocycles. The number of aromatic nitrogens is 3. The molecule has 2 rings (SSSR count). The molecule has 0 saturated heterocycles. The third-order valence-corrected chi connectivity index (χ3v) is 3.00. The maximum absolute atomic E-state index is 4.09. The van der Waals surface area contributed by atoms with E-state index in [0.29, 0.717) is 0 Å². The van der Waals surface area contributed by atoms with Crippen molar-refractivity contribution in [1.82, 2.24) is 20.1 Å². The maximum Gasteiger partial charge on any atom is 0.137 e. The predicted octanol–water partition coefficient (Wildman–Crippen LogP) is 1.45. The van der Waals surface area contributed by atoms with Gasteiger partial charge in [0.05, 0.1) is 6.54 Å². The summed E-state index contributed by atoms with van der Waals surface area (Å²) in [6.45, 7) is 4.19. The molecule has 0 bridgehead atoms. The largest absolute Gasteiger partial charge is 0.312 e. The van der Waals surface area contributed by atoms with E-state index in [1.807, 2.05) is 4.68 Å². The summed E-state index contributed by atoms with van der Waals surface area (Å²) < 4.78 is 1.88. The lowest BCUT2D eigenvalue weighted by atomic mass is 10.1. The molecule has 1 aliphatic carbocycles. The summed E-state index contributed by atoms with van der Waals surface area (Å²) in [6, 6.07) is 0.735. The van der Waals surface area contributed by atoms with Crippen molar-refractivity contribution in [2.45, 2.75) is 45.2 Å². The molecule has 1 aliphatic rings. The molecule has 1 fully saturated rings. The van der Waals surface area contributed by atoms with E-state index in [0.717, 1.165) is 25.0 Å². The Labute approximate surface area is 91.1 Å². The highest BCUT2D eigenvalue weighted by Gasteiger charge is 2.29. The van der Waals surface area contributed by atoms with Gasteiger partial charge in [0.1, 0.15) is 12.7 Å². The molecule has 1 atom stereocenters. The normalized spacial score (nSPS) is 17.9. The first-order chi connectivity index (χ1) is 7.40. The minimum atomic E-state index is 0.735. The summed E-state index contributed by atoms with van der Waals surface area (Å²) in [5.41, 5.74) is 0. The molecule has 84 valence electrons. The topological polar surface area (TPSA) is 42.7 Å². The summed E-state index contributed by atoms with van der Waals surface area (Å²) in [4.78, 5) is 3.93. The summed E-state index contributed by atoms with van der Waals surface area (Å²) in [5.74, 6) is 0.945. The first-order valence-corrected chi connectivity index (χ1v) is 5.96. The molecule has 0 aliphatic heterocycles. The van der Waals surface area contributed by atoms with Crippen LogP contribution in [0.15, 0.2) is 12.7 Å².